The molecule has 3 rings (SSSR count). The summed E-state index contributed by atoms with van der Waals surface area (Å²) in [4.78, 5) is 16.7. The van der Waals surface area contributed by atoms with E-state index in [9.17, 15) is 9.18 Å². The van der Waals surface area contributed by atoms with Gasteiger partial charge in [-0.3, -0.25) is 9.89 Å². The van der Waals surface area contributed by atoms with Gasteiger partial charge in [0.2, 0.25) is 11.1 Å². The summed E-state index contributed by atoms with van der Waals surface area (Å²) >= 11 is 1.19. The third-order valence-corrected chi connectivity index (χ3v) is 5.12. The van der Waals surface area contributed by atoms with Crippen LogP contribution < -0.4 is 14.8 Å². The predicted molar refractivity (Wildman–Crippen MR) is 108 cm³/mol. The molecule has 0 bridgehead atoms. The highest BCUT2D eigenvalue weighted by Gasteiger charge is 2.18. The maximum absolute atomic E-state index is 13.9. The van der Waals surface area contributed by atoms with Crippen LogP contribution in [0.2, 0.25) is 0 Å². The highest BCUT2D eigenvalue weighted by molar-refractivity contribution is 8.00. The number of aromatic amines is 1. The zero-order chi connectivity index (χ0) is 20.8. The molecule has 1 aromatic heterocycles. The number of hydrogen-bond acceptors (Lipinski definition) is 6. The van der Waals surface area contributed by atoms with E-state index in [0.717, 1.165) is 5.56 Å². The monoisotopic (exact) mass is 416 g/mol. The van der Waals surface area contributed by atoms with Crippen molar-refractivity contribution < 1.29 is 18.7 Å². The number of halogens is 1. The standard InChI is InChI=1S/C20H21FN4O3S/c1-12(19(26)22-11-13-8-9-16(27-2)17(10-13)28-3)29-20-23-18(24-25-20)14-6-4-5-7-15(14)21/h4-10,12H,11H2,1-3H3,(H,22,26)(H,23,24,25)/t12-/m1/s1. The maximum Gasteiger partial charge on any atom is 0.233 e. The molecule has 0 fully saturated rings. The lowest BCUT2D eigenvalue weighted by Crippen LogP contribution is -2.30. The average Bonchev–Trinajstić information content (AvgIpc) is 3.20. The normalized spacial score (nSPS) is 11.7. The van der Waals surface area contributed by atoms with Gasteiger partial charge < -0.3 is 14.8 Å². The van der Waals surface area contributed by atoms with Gasteiger partial charge >= 0.3 is 0 Å². The fourth-order valence-electron chi connectivity index (χ4n) is 2.61. The van der Waals surface area contributed by atoms with Gasteiger partial charge in [-0.1, -0.05) is 30.0 Å². The van der Waals surface area contributed by atoms with Gasteiger partial charge in [0.15, 0.2) is 17.3 Å². The summed E-state index contributed by atoms with van der Waals surface area (Å²) in [6, 6.07) is 11.8. The van der Waals surface area contributed by atoms with Crippen LogP contribution in [-0.2, 0) is 11.3 Å². The van der Waals surface area contributed by atoms with Crippen LogP contribution in [0.4, 0.5) is 4.39 Å². The van der Waals surface area contributed by atoms with Crippen LogP contribution in [0, 0.1) is 5.82 Å². The van der Waals surface area contributed by atoms with Crippen molar-refractivity contribution >= 4 is 17.7 Å². The van der Waals surface area contributed by atoms with Crippen molar-refractivity contribution in [1.29, 1.82) is 0 Å². The van der Waals surface area contributed by atoms with Gasteiger partial charge in [-0.25, -0.2) is 9.37 Å². The molecular weight excluding hydrogens is 395 g/mol. The number of rotatable bonds is 8. The number of carbonyl (C=O) groups is 1. The Morgan fingerprint density at radius 1 is 1.21 bits per heavy atom. The Kier molecular flexibility index (Phi) is 6.71. The first-order chi connectivity index (χ1) is 14.0. The molecule has 1 atom stereocenters. The molecule has 29 heavy (non-hydrogen) atoms. The Morgan fingerprint density at radius 3 is 2.69 bits per heavy atom. The average molecular weight is 416 g/mol. The minimum atomic E-state index is -0.431. The van der Waals surface area contributed by atoms with E-state index >= 15 is 0 Å². The number of carbonyl (C=O) groups excluding carboxylic acids is 1. The smallest absolute Gasteiger partial charge is 0.233 e. The zero-order valence-corrected chi connectivity index (χ0v) is 17.0. The summed E-state index contributed by atoms with van der Waals surface area (Å²) < 4.78 is 24.3. The summed E-state index contributed by atoms with van der Waals surface area (Å²) in [6.07, 6.45) is 0. The third-order valence-electron chi connectivity index (χ3n) is 4.16. The van der Waals surface area contributed by atoms with Gasteiger partial charge in [0.1, 0.15) is 5.82 Å². The Morgan fingerprint density at radius 2 is 1.97 bits per heavy atom. The van der Waals surface area contributed by atoms with Crippen LogP contribution in [-0.4, -0.2) is 40.6 Å². The summed E-state index contributed by atoms with van der Waals surface area (Å²) in [5, 5.41) is 9.59. The van der Waals surface area contributed by atoms with Crippen molar-refractivity contribution in [2.45, 2.75) is 23.9 Å². The number of hydrogen-bond donors (Lipinski definition) is 2. The van der Waals surface area contributed by atoms with Gasteiger partial charge in [-0.2, -0.15) is 0 Å². The van der Waals surface area contributed by atoms with Crippen molar-refractivity contribution in [3.05, 3.63) is 53.8 Å². The molecule has 0 aliphatic carbocycles. The molecule has 3 aromatic rings. The van der Waals surface area contributed by atoms with E-state index in [2.05, 4.69) is 20.5 Å². The van der Waals surface area contributed by atoms with Crippen LogP contribution in [0.15, 0.2) is 47.6 Å². The number of methoxy groups -OCH3 is 2. The molecule has 2 N–H and O–H groups in total. The van der Waals surface area contributed by atoms with E-state index < -0.39 is 5.25 Å². The highest BCUT2D eigenvalue weighted by atomic mass is 32.2. The first-order valence-electron chi connectivity index (χ1n) is 8.84. The molecule has 7 nitrogen and oxygen atoms in total. The Hall–Kier alpha value is -3.07. The largest absolute Gasteiger partial charge is 0.493 e. The van der Waals surface area contributed by atoms with Crippen LogP contribution in [0.25, 0.3) is 11.4 Å². The zero-order valence-electron chi connectivity index (χ0n) is 16.2. The quantitative estimate of drug-likeness (QED) is 0.547. The lowest BCUT2D eigenvalue weighted by molar-refractivity contribution is -0.120. The highest BCUT2D eigenvalue weighted by Crippen LogP contribution is 2.28. The van der Waals surface area contributed by atoms with Gasteiger partial charge in [-0.05, 0) is 36.8 Å². The Balaban J connectivity index is 1.58. The molecule has 0 aliphatic rings. The fourth-order valence-corrected chi connectivity index (χ4v) is 3.36. The van der Waals surface area contributed by atoms with E-state index in [1.165, 1.54) is 17.8 Å². The van der Waals surface area contributed by atoms with Crippen molar-refractivity contribution in [2.24, 2.45) is 0 Å². The second kappa shape index (κ2) is 9.42. The molecule has 152 valence electrons. The Labute approximate surface area is 172 Å². The number of ether oxygens (including phenoxy) is 2. The third kappa shape index (κ3) is 5.05. The number of amides is 1. The van der Waals surface area contributed by atoms with E-state index in [0.29, 0.717) is 34.6 Å². The van der Waals surface area contributed by atoms with Crippen molar-refractivity contribution in [2.75, 3.05) is 14.2 Å². The topological polar surface area (TPSA) is 89.1 Å². The minimum Gasteiger partial charge on any atom is -0.493 e. The summed E-state index contributed by atoms with van der Waals surface area (Å²) in [6.45, 7) is 2.10. The number of nitrogens with zero attached hydrogens (tertiary/aromatic N) is 2. The van der Waals surface area contributed by atoms with Crippen LogP contribution in [0.3, 0.4) is 0 Å². The van der Waals surface area contributed by atoms with Crippen molar-refractivity contribution in [3.63, 3.8) is 0 Å². The van der Waals surface area contributed by atoms with Gasteiger partial charge in [0.05, 0.1) is 25.0 Å². The molecule has 0 unspecified atom stereocenters. The molecule has 2 aromatic carbocycles. The van der Waals surface area contributed by atoms with E-state index in [4.69, 9.17) is 9.47 Å². The number of thioether (sulfide) groups is 1. The van der Waals surface area contributed by atoms with Crippen molar-refractivity contribution in [3.8, 4) is 22.9 Å². The van der Waals surface area contributed by atoms with E-state index in [1.54, 1.807) is 45.4 Å². The predicted octanol–water partition coefficient (Wildman–Crippen LogP) is 3.43. The molecule has 0 aliphatic heterocycles. The number of aromatic nitrogens is 3. The van der Waals surface area contributed by atoms with E-state index in [1.807, 2.05) is 12.1 Å². The molecule has 1 heterocycles. The molecule has 0 saturated heterocycles. The maximum atomic E-state index is 13.9. The summed E-state index contributed by atoms with van der Waals surface area (Å²) in [5.41, 5.74) is 1.21. The lowest BCUT2D eigenvalue weighted by atomic mass is 10.2. The second-order valence-electron chi connectivity index (χ2n) is 6.11. The first-order valence-corrected chi connectivity index (χ1v) is 9.72. The van der Waals surface area contributed by atoms with Crippen molar-refractivity contribution in [1.82, 2.24) is 20.5 Å². The van der Waals surface area contributed by atoms with Crippen LogP contribution in [0.1, 0.15) is 12.5 Å². The summed E-state index contributed by atoms with van der Waals surface area (Å²) in [7, 11) is 3.13. The SMILES string of the molecule is COc1ccc(CNC(=O)[C@@H](C)Sc2n[nH]c(-c3ccccc3F)n2)cc1OC. The minimum absolute atomic E-state index is 0.165. The lowest BCUT2D eigenvalue weighted by Gasteiger charge is -2.12. The molecule has 0 spiro atoms. The second-order valence-corrected chi connectivity index (χ2v) is 7.42. The fraction of sp³-hybridized carbons (Fsp3) is 0.250. The van der Waals surface area contributed by atoms with Crippen LogP contribution >= 0.6 is 11.8 Å². The summed E-state index contributed by atoms with van der Waals surface area (Å²) in [5.74, 6) is 0.997. The van der Waals surface area contributed by atoms with E-state index in [-0.39, 0.29) is 11.7 Å². The first kappa shape index (κ1) is 20.7. The van der Waals surface area contributed by atoms with Gasteiger partial charge in [-0.15, -0.1) is 5.10 Å². The molecule has 1 amide bonds. The number of H-pyrrole nitrogens is 1. The molecule has 0 radical (unpaired) electrons. The molecular formula is C20H21FN4O3S. The molecule has 0 saturated carbocycles. The van der Waals surface area contributed by atoms with Gasteiger partial charge in [0, 0.05) is 6.54 Å². The Bertz CT molecular complexity index is 995. The molecule has 9 heteroatoms. The number of benzene rings is 2. The van der Waals surface area contributed by atoms with Crippen LogP contribution in [0.5, 0.6) is 11.5 Å². The number of nitrogens with one attached hydrogen (secondary N) is 2. The van der Waals surface area contributed by atoms with Gasteiger partial charge in [0.25, 0.3) is 0 Å².